The summed E-state index contributed by atoms with van der Waals surface area (Å²) >= 11 is 0. The molecule has 0 amide bonds. The third-order valence-corrected chi connectivity index (χ3v) is 2.16. The normalized spacial score (nSPS) is 9.33. The number of carbonyl (C=O) groups is 1. The van der Waals surface area contributed by atoms with E-state index in [1.807, 2.05) is 36.1 Å². The molecule has 0 aliphatic rings. The van der Waals surface area contributed by atoms with Gasteiger partial charge < -0.3 is 9.69 Å². The molecule has 0 atom stereocenters. The number of hydrogen-bond donors (Lipinski definition) is 0. The molecular weight excluding hydrogens is 188 g/mol. The molecule has 0 aliphatic carbocycles. The van der Waals surface area contributed by atoms with Crippen LogP contribution in [0.5, 0.6) is 0 Å². The molecule has 0 aliphatic heterocycles. The van der Waals surface area contributed by atoms with Gasteiger partial charge in [0.2, 0.25) is 0 Å². The van der Waals surface area contributed by atoms with Crippen LogP contribution in [-0.4, -0.2) is 19.4 Å². The van der Waals surface area contributed by atoms with Crippen LogP contribution in [0.3, 0.4) is 0 Å². The molecule has 0 heterocycles. The highest BCUT2D eigenvalue weighted by atomic mass is 16.1. The second-order valence-corrected chi connectivity index (χ2v) is 3.36. The fourth-order valence-corrected chi connectivity index (χ4v) is 1.43. The molecule has 3 nitrogen and oxygen atoms in total. The first-order valence-electron chi connectivity index (χ1n) is 4.90. The molecule has 0 fully saturated rings. The molecule has 0 spiro atoms. The molecule has 0 radical (unpaired) electrons. The second kappa shape index (κ2) is 5.82. The number of carbonyl (C=O) groups excluding carboxylic acids is 1. The fourth-order valence-electron chi connectivity index (χ4n) is 1.43. The molecular formula is C12H14N2O. The van der Waals surface area contributed by atoms with Gasteiger partial charge in [-0.05, 0) is 24.6 Å². The van der Waals surface area contributed by atoms with E-state index in [4.69, 9.17) is 5.26 Å². The second-order valence-electron chi connectivity index (χ2n) is 3.36. The van der Waals surface area contributed by atoms with Crippen molar-refractivity contribution in [2.75, 3.05) is 18.0 Å². The van der Waals surface area contributed by atoms with Crippen LogP contribution in [0.25, 0.3) is 0 Å². The van der Waals surface area contributed by atoms with Crippen LogP contribution in [-0.2, 0) is 4.79 Å². The first kappa shape index (κ1) is 11.3. The van der Waals surface area contributed by atoms with Crippen LogP contribution in [0.4, 0.5) is 5.69 Å². The van der Waals surface area contributed by atoms with Gasteiger partial charge in [0.25, 0.3) is 0 Å². The van der Waals surface area contributed by atoms with Crippen molar-refractivity contribution in [1.29, 1.82) is 5.26 Å². The summed E-state index contributed by atoms with van der Waals surface area (Å²) in [5.41, 5.74) is 2.15. The average molecular weight is 202 g/mol. The quantitative estimate of drug-likeness (QED) is 0.685. The Morgan fingerprint density at radius 3 is 2.93 bits per heavy atom. The Bertz CT molecular complexity index is 368. The van der Waals surface area contributed by atoms with E-state index in [1.54, 1.807) is 0 Å². The zero-order valence-corrected chi connectivity index (χ0v) is 8.81. The summed E-state index contributed by atoms with van der Waals surface area (Å²) in [7, 11) is 0. The predicted octanol–water partition coefficient (Wildman–Crippen LogP) is 1.91. The standard InChI is InChI=1S/C12H14N2O/c1-11-4-2-5-12(10-11)14(8-9-15)7-3-6-13/h2,4-5,9-10H,3,7-8H2,1H3. The third-order valence-electron chi connectivity index (χ3n) is 2.16. The van der Waals surface area contributed by atoms with E-state index in [-0.39, 0.29) is 0 Å². The molecule has 1 aromatic rings. The van der Waals surface area contributed by atoms with Crippen LogP contribution in [0, 0.1) is 18.3 Å². The summed E-state index contributed by atoms with van der Waals surface area (Å²) in [5.74, 6) is 0. The van der Waals surface area contributed by atoms with Gasteiger partial charge in [-0.3, -0.25) is 0 Å². The summed E-state index contributed by atoms with van der Waals surface area (Å²) in [6.45, 7) is 2.94. The van der Waals surface area contributed by atoms with Gasteiger partial charge in [0.05, 0.1) is 19.0 Å². The summed E-state index contributed by atoms with van der Waals surface area (Å²) in [6, 6.07) is 10.0. The Hall–Kier alpha value is -1.82. The summed E-state index contributed by atoms with van der Waals surface area (Å²) < 4.78 is 0. The lowest BCUT2D eigenvalue weighted by atomic mass is 10.2. The van der Waals surface area contributed by atoms with Gasteiger partial charge in [-0.25, -0.2) is 0 Å². The van der Waals surface area contributed by atoms with Crippen molar-refractivity contribution in [2.24, 2.45) is 0 Å². The molecule has 78 valence electrons. The molecule has 15 heavy (non-hydrogen) atoms. The lowest BCUT2D eigenvalue weighted by Crippen LogP contribution is -2.26. The van der Waals surface area contributed by atoms with E-state index < -0.39 is 0 Å². The average Bonchev–Trinajstić information content (AvgIpc) is 2.24. The largest absolute Gasteiger partial charge is 0.363 e. The minimum absolute atomic E-state index is 0.338. The van der Waals surface area contributed by atoms with Crippen LogP contribution < -0.4 is 4.90 Å². The van der Waals surface area contributed by atoms with Gasteiger partial charge in [-0.1, -0.05) is 12.1 Å². The zero-order valence-electron chi connectivity index (χ0n) is 8.81. The minimum atomic E-state index is 0.338. The highest BCUT2D eigenvalue weighted by Crippen LogP contribution is 2.15. The highest BCUT2D eigenvalue weighted by Gasteiger charge is 2.04. The maximum atomic E-state index is 10.5. The maximum absolute atomic E-state index is 10.5. The van der Waals surface area contributed by atoms with Crippen molar-refractivity contribution in [3.05, 3.63) is 29.8 Å². The first-order chi connectivity index (χ1) is 7.27. The van der Waals surface area contributed by atoms with Crippen molar-refractivity contribution < 1.29 is 4.79 Å². The lowest BCUT2D eigenvalue weighted by Gasteiger charge is -2.21. The Balaban J connectivity index is 2.79. The highest BCUT2D eigenvalue weighted by molar-refractivity contribution is 5.61. The zero-order chi connectivity index (χ0) is 11.1. The molecule has 0 unspecified atom stereocenters. The topological polar surface area (TPSA) is 44.1 Å². The van der Waals surface area contributed by atoms with Crippen molar-refractivity contribution in [3.63, 3.8) is 0 Å². The molecule has 0 saturated heterocycles. The van der Waals surface area contributed by atoms with Crippen LogP contribution >= 0.6 is 0 Å². The van der Waals surface area contributed by atoms with Crippen molar-refractivity contribution in [3.8, 4) is 6.07 Å². The van der Waals surface area contributed by atoms with Gasteiger partial charge in [0.1, 0.15) is 6.29 Å². The van der Waals surface area contributed by atoms with E-state index in [2.05, 4.69) is 6.07 Å². The number of benzene rings is 1. The smallest absolute Gasteiger partial charge is 0.139 e. The Labute approximate surface area is 89.9 Å². The Morgan fingerprint density at radius 2 is 2.33 bits per heavy atom. The van der Waals surface area contributed by atoms with E-state index in [0.29, 0.717) is 19.5 Å². The number of rotatable bonds is 5. The molecule has 0 aromatic heterocycles. The number of anilines is 1. The van der Waals surface area contributed by atoms with Gasteiger partial charge in [0, 0.05) is 12.2 Å². The molecule has 1 aromatic carbocycles. The number of aldehydes is 1. The molecule has 3 heteroatoms. The number of aryl methyl sites for hydroxylation is 1. The van der Waals surface area contributed by atoms with E-state index in [9.17, 15) is 4.79 Å². The van der Waals surface area contributed by atoms with Gasteiger partial charge in [0.15, 0.2) is 0 Å². The maximum Gasteiger partial charge on any atom is 0.139 e. The number of hydrogen-bond acceptors (Lipinski definition) is 3. The SMILES string of the molecule is Cc1cccc(N(CC=O)CCC#N)c1. The van der Waals surface area contributed by atoms with Gasteiger partial charge >= 0.3 is 0 Å². The lowest BCUT2D eigenvalue weighted by molar-refractivity contribution is -0.106. The predicted molar refractivity (Wildman–Crippen MR) is 59.7 cm³/mol. The van der Waals surface area contributed by atoms with Crippen molar-refractivity contribution >= 4 is 12.0 Å². The molecule has 0 N–H and O–H groups in total. The van der Waals surface area contributed by atoms with Crippen molar-refractivity contribution in [2.45, 2.75) is 13.3 Å². The number of nitrogens with zero attached hydrogens (tertiary/aromatic N) is 2. The monoisotopic (exact) mass is 202 g/mol. The van der Waals surface area contributed by atoms with Crippen LogP contribution in [0.15, 0.2) is 24.3 Å². The Morgan fingerprint density at radius 1 is 1.53 bits per heavy atom. The molecule has 0 saturated carbocycles. The van der Waals surface area contributed by atoms with E-state index >= 15 is 0 Å². The Kier molecular flexibility index (Phi) is 4.36. The minimum Gasteiger partial charge on any atom is -0.363 e. The van der Waals surface area contributed by atoms with Crippen molar-refractivity contribution in [1.82, 2.24) is 0 Å². The first-order valence-corrected chi connectivity index (χ1v) is 4.90. The fraction of sp³-hybridized carbons (Fsp3) is 0.333. The molecule has 1 rings (SSSR count). The summed E-state index contributed by atoms with van der Waals surface area (Å²) in [4.78, 5) is 12.4. The van der Waals surface area contributed by atoms with Crippen LogP contribution in [0.2, 0.25) is 0 Å². The number of nitriles is 1. The molecule has 0 bridgehead atoms. The van der Waals surface area contributed by atoms with E-state index in [1.165, 1.54) is 0 Å². The van der Waals surface area contributed by atoms with Gasteiger partial charge in [-0.15, -0.1) is 0 Å². The third kappa shape index (κ3) is 3.43. The van der Waals surface area contributed by atoms with Crippen LogP contribution in [0.1, 0.15) is 12.0 Å². The summed E-state index contributed by atoms with van der Waals surface area (Å²) in [5, 5.41) is 8.52. The van der Waals surface area contributed by atoms with Gasteiger partial charge in [-0.2, -0.15) is 5.26 Å². The van der Waals surface area contributed by atoms with E-state index in [0.717, 1.165) is 17.5 Å². The summed E-state index contributed by atoms with van der Waals surface area (Å²) in [6.07, 6.45) is 1.29.